The number of likely N-dealkylation sites (N-methyl/N-ethyl adjacent to an activating group) is 1. The zero-order chi connectivity index (χ0) is 16.9. The number of alkyl halides is 3. The summed E-state index contributed by atoms with van der Waals surface area (Å²) in [5, 5.41) is 11.8. The molecule has 1 aromatic rings. The number of amides is 2. The number of nitrogens with one attached hydrogen (secondary N) is 1. The molecule has 0 aliphatic rings. The first kappa shape index (κ1) is 18.4. The Morgan fingerprint density at radius 3 is 2.68 bits per heavy atom. The second-order valence-electron chi connectivity index (χ2n) is 4.55. The average molecular weight is 341 g/mol. The summed E-state index contributed by atoms with van der Waals surface area (Å²) < 4.78 is 41.8. The summed E-state index contributed by atoms with van der Waals surface area (Å²) in [4.78, 5) is 12.5. The molecule has 22 heavy (non-hydrogen) atoms. The van der Waals surface area contributed by atoms with E-state index in [0.717, 1.165) is 11.9 Å². The molecule has 1 atom stereocenters. The number of hydrogen-bond acceptors (Lipinski definition) is 3. The van der Waals surface area contributed by atoms with Gasteiger partial charge in [-0.3, -0.25) is 0 Å². The van der Waals surface area contributed by atoms with E-state index in [4.69, 9.17) is 21.4 Å². The molecular weight excluding hydrogens is 325 g/mol. The molecule has 0 radical (unpaired) electrons. The Hall–Kier alpha value is -1.67. The van der Waals surface area contributed by atoms with E-state index in [9.17, 15) is 18.0 Å². The molecular formula is C13H16ClF3N2O3. The van der Waals surface area contributed by atoms with E-state index >= 15 is 0 Å². The second kappa shape index (κ2) is 7.55. The lowest BCUT2D eigenvalue weighted by atomic mass is 10.2. The van der Waals surface area contributed by atoms with Crippen LogP contribution in [0.25, 0.3) is 0 Å². The molecule has 2 amide bonds. The highest BCUT2D eigenvalue weighted by molar-refractivity contribution is 6.30. The van der Waals surface area contributed by atoms with E-state index in [0.29, 0.717) is 16.3 Å². The summed E-state index contributed by atoms with van der Waals surface area (Å²) >= 11 is 5.83. The number of aliphatic hydroxyl groups excluding tert-OH is 1. The van der Waals surface area contributed by atoms with Crippen molar-refractivity contribution >= 4 is 17.6 Å². The number of carbonyl (C=O) groups is 1. The van der Waals surface area contributed by atoms with Crippen LogP contribution in [0.1, 0.15) is 5.56 Å². The largest absolute Gasteiger partial charge is 0.496 e. The number of rotatable bonds is 5. The first-order valence-corrected chi connectivity index (χ1v) is 6.59. The molecule has 1 rings (SSSR count). The summed E-state index contributed by atoms with van der Waals surface area (Å²) in [7, 11) is 2.60. The van der Waals surface area contributed by atoms with Gasteiger partial charge in [0.15, 0.2) is 6.10 Å². The van der Waals surface area contributed by atoms with Crippen LogP contribution in [-0.4, -0.2) is 49.0 Å². The lowest BCUT2D eigenvalue weighted by molar-refractivity contribution is -0.205. The van der Waals surface area contributed by atoms with Crippen molar-refractivity contribution in [1.29, 1.82) is 0 Å². The van der Waals surface area contributed by atoms with Crippen molar-refractivity contribution < 1.29 is 27.8 Å². The number of urea groups is 1. The number of ether oxygens (including phenoxy) is 1. The van der Waals surface area contributed by atoms with Crippen molar-refractivity contribution in [2.24, 2.45) is 0 Å². The van der Waals surface area contributed by atoms with Gasteiger partial charge in [0.2, 0.25) is 0 Å². The van der Waals surface area contributed by atoms with Gasteiger partial charge in [-0.25, -0.2) is 4.79 Å². The minimum Gasteiger partial charge on any atom is -0.496 e. The van der Waals surface area contributed by atoms with Crippen LogP contribution in [-0.2, 0) is 6.54 Å². The Morgan fingerprint density at radius 1 is 1.50 bits per heavy atom. The van der Waals surface area contributed by atoms with Crippen LogP contribution in [0, 0.1) is 0 Å². The Balaban J connectivity index is 2.61. The standard InChI is InChI=1S/C13H16ClF3N2O3/c1-19(7-11(20)13(15,16)17)12(21)18-6-8-5-9(14)3-4-10(8)22-2/h3-5,11,20H,6-7H2,1-2H3,(H,18,21)/t11-/m1/s1. The summed E-state index contributed by atoms with van der Waals surface area (Å²) in [5.41, 5.74) is 0.577. The van der Waals surface area contributed by atoms with Gasteiger partial charge in [0, 0.05) is 24.2 Å². The molecule has 9 heteroatoms. The van der Waals surface area contributed by atoms with E-state index < -0.39 is 24.9 Å². The molecule has 0 saturated heterocycles. The molecule has 0 fully saturated rings. The SMILES string of the molecule is COc1ccc(Cl)cc1CNC(=O)N(C)C[C@@H](O)C(F)(F)F. The third-order valence-corrected chi connectivity index (χ3v) is 3.08. The third-order valence-electron chi connectivity index (χ3n) is 2.84. The average Bonchev–Trinajstić information content (AvgIpc) is 2.43. The van der Waals surface area contributed by atoms with Gasteiger partial charge in [-0.1, -0.05) is 11.6 Å². The summed E-state index contributed by atoms with van der Waals surface area (Å²) in [5.74, 6) is 0.489. The number of carbonyl (C=O) groups excluding carboxylic acids is 1. The number of aliphatic hydroxyl groups is 1. The van der Waals surface area contributed by atoms with Crippen LogP contribution in [0.3, 0.4) is 0 Å². The van der Waals surface area contributed by atoms with Crippen molar-refractivity contribution in [3.8, 4) is 5.75 Å². The summed E-state index contributed by atoms with van der Waals surface area (Å²) in [6.07, 6.45) is -7.37. The Morgan fingerprint density at radius 2 is 2.14 bits per heavy atom. The Bertz CT molecular complexity index is 526. The lowest BCUT2D eigenvalue weighted by Gasteiger charge is -2.23. The van der Waals surface area contributed by atoms with Gasteiger partial charge in [-0.2, -0.15) is 13.2 Å². The maximum Gasteiger partial charge on any atom is 0.416 e. The molecule has 0 aliphatic heterocycles. The molecule has 5 nitrogen and oxygen atoms in total. The quantitative estimate of drug-likeness (QED) is 0.865. The van der Waals surface area contributed by atoms with Crippen LogP contribution >= 0.6 is 11.6 Å². The number of benzene rings is 1. The minimum absolute atomic E-state index is 0.0228. The normalized spacial score (nSPS) is 12.7. The predicted octanol–water partition coefficient (Wildman–Crippen LogP) is 2.41. The van der Waals surface area contributed by atoms with Gasteiger partial charge >= 0.3 is 12.2 Å². The van der Waals surface area contributed by atoms with Gasteiger partial charge in [0.05, 0.1) is 13.7 Å². The third kappa shape index (κ3) is 5.27. The van der Waals surface area contributed by atoms with Crippen molar-refractivity contribution in [2.45, 2.75) is 18.8 Å². The molecule has 2 N–H and O–H groups in total. The van der Waals surface area contributed by atoms with Crippen LogP contribution in [0.4, 0.5) is 18.0 Å². The first-order chi connectivity index (χ1) is 10.1. The number of halogens is 4. The summed E-state index contributed by atoms with van der Waals surface area (Å²) in [6.45, 7) is -0.836. The Labute approximate surface area is 130 Å². The topological polar surface area (TPSA) is 61.8 Å². The minimum atomic E-state index is -4.77. The van der Waals surface area contributed by atoms with Crippen molar-refractivity contribution in [3.05, 3.63) is 28.8 Å². The van der Waals surface area contributed by atoms with Gasteiger partial charge in [-0.05, 0) is 18.2 Å². The van der Waals surface area contributed by atoms with Crippen molar-refractivity contribution in [2.75, 3.05) is 20.7 Å². The highest BCUT2D eigenvalue weighted by Gasteiger charge is 2.39. The molecule has 1 aromatic carbocycles. The highest BCUT2D eigenvalue weighted by atomic mass is 35.5. The number of hydrogen-bond donors (Lipinski definition) is 2. The smallest absolute Gasteiger partial charge is 0.416 e. The van der Waals surface area contributed by atoms with Crippen LogP contribution in [0.15, 0.2) is 18.2 Å². The molecule has 124 valence electrons. The maximum absolute atomic E-state index is 12.2. The zero-order valence-electron chi connectivity index (χ0n) is 11.9. The molecule has 0 heterocycles. The lowest BCUT2D eigenvalue weighted by Crippen LogP contribution is -2.45. The molecule has 0 spiro atoms. The first-order valence-electron chi connectivity index (χ1n) is 6.21. The summed E-state index contributed by atoms with van der Waals surface area (Å²) in [6, 6.07) is 4.04. The van der Waals surface area contributed by atoms with Crippen LogP contribution < -0.4 is 10.1 Å². The molecule has 0 bridgehead atoms. The highest BCUT2D eigenvalue weighted by Crippen LogP contribution is 2.23. The van der Waals surface area contributed by atoms with Gasteiger partial charge in [-0.15, -0.1) is 0 Å². The molecule has 0 aliphatic carbocycles. The van der Waals surface area contributed by atoms with Crippen molar-refractivity contribution in [3.63, 3.8) is 0 Å². The fourth-order valence-corrected chi connectivity index (χ4v) is 1.83. The van der Waals surface area contributed by atoms with Gasteiger partial charge in [0.1, 0.15) is 5.75 Å². The zero-order valence-corrected chi connectivity index (χ0v) is 12.7. The fraction of sp³-hybridized carbons (Fsp3) is 0.462. The van der Waals surface area contributed by atoms with E-state index in [1.165, 1.54) is 7.11 Å². The van der Waals surface area contributed by atoms with E-state index in [2.05, 4.69) is 5.32 Å². The molecule has 0 unspecified atom stereocenters. The predicted molar refractivity (Wildman–Crippen MR) is 74.9 cm³/mol. The van der Waals surface area contributed by atoms with Gasteiger partial charge in [0.25, 0.3) is 0 Å². The Kier molecular flexibility index (Phi) is 6.31. The number of methoxy groups -OCH3 is 1. The molecule has 0 saturated carbocycles. The van der Waals surface area contributed by atoms with E-state index in [-0.39, 0.29) is 6.54 Å². The second-order valence-corrected chi connectivity index (χ2v) is 4.99. The van der Waals surface area contributed by atoms with E-state index in [1.54, 1.807) is 18.2 Å². The van der Waals surface area contributed by atoms with E-state index in [1.807, 2.05) is 0 Å². The van der Waals surface area contributed by atoms with Crippen molar-refractivity contribution in [1.82, 2.24) is 10.2 Å². The molecule has 0 aromatic heterocycles. The van der Waals surface area contributed by atoms with Crippen LogP contribution in [0.5, 0.6) is 5.75 Å². The monoisotopic (exact) mass is 340 g/mol. The van der Waals surface area contributed by atoms with Gasteiger partial charge < -0.3 is 20.1 Å². The maximum atomic E-state index is 12.2. The fourth-order valence-electron chi connectivity index (χ4n) is 1.64. The van der Waals surface area contributed by atoms with Crippen LogP contribution in [0.2, 0.25) is 5.02 Å². The number of nitrogens with zero attached hydrogens (tertiary/aromatic N) is 1.